The highest BCUT2D eigenvalue weighted by Crippen LogP contribution is 2.12. The van der Waals surface area contributed by atoms with Crippen LogP contribution in [0, 0.1) is 0 Å². The Morgan fingerprint density at radius 1 is 0.773 bits per heavy atom. The molecule has 22 heavy (non-hydrogen) atoms. The van der Waals surface area contributed by atoms with Crippen molar-refractivity contribution in [2.24, 2.45) is 0 Å². The molecule has 1 atom stereocenters. The molecular weight excluding hydrogens is 266 g/mol. The van der Waals surface area contributed by atoms with E-state index in [1.807, 2.05) is 0 Å². The van der Waals surface area contributed by atoms with Gasteiger partial charge < -0.3 is 5.32 Å². The van der Waals surface area contributed by atoms with Gasteiger partial charge in [0.1, 0.15) is 0 Å². The number of hydrogen-bond acceptors (Lipinski definition) is 1. The average molecular weight is 295 g/mol. The first-order chi connectivity index (χ1) is 10.9. The van der Waals surface area contributed by atoms with E-state index in [9.17, 15) is 0 Å². The van der Waals surface area contributed by atoms with Gasteiger partial charge in [-0.05, 0) is 30.4 Å². The van der Waals surface area contributed by atoms with Crippen molar-refractivity contribution in [1.82, 2.24) is 5.32 Å². The lowest BCUT2D eigenvalue weighted by molar-refractivity contribution is 0.433. The molecule has 118 valence electrons. The summed E-state index contributed by atoms with van der Waals surface area (Å²) < 4.78 is 0. The van der Waals surface area contributed by atoms with E-state index < -0.39 is 0 Å². The van der Waals surface area contributed by atoms with Crippen molar-refractivity contribution in [3.05, 3.63) is 71.8 Å². The summed E-state index contributed by atoms with van der Waals surface area (Å²) in [5.41, 5.74) is 2.83. The molecule has 2 rings (SSSR count). The summed E-state index contributed by atoms with van der Waals surface area (Å²) in [6.07, 6.45) is 7.64. The second-order valence-corrected chi connectivity index (χ2v) is 6.08. The van der Waals surface area contributed by atoms with Crippen molar-refractivity contribution >= 4 is 0 Å². The van der Waals surface area contributed by atoms with Crippen LogP contribution in [-0.2, 0) is 13.0 Å². The van der Waals surface area contributed by atoms with Crippen molar-refractivity contribution in [2.45, 2.75) is 58.0 Å². The van der Waals surface area contributed by atoms with Crippen LogP contribution in [-0.4, -0.2) is 6.04 Å². The molecule has 0 aliphatic rings. The van der Waals surface area contributed by atoms with E-state index in [0.717, 1.165) is 6.54 Å². The Morgan fingerprint density at radius 3 is 2.05 bits per heavy atom. The fourth-order valence-corrected chi connectivity index (χ4v) is 2.83. The van der Waals surface area contributed by atoms with Crippen molar-refractivity contribution in [2.75, 3.05) is 0 Å². The number of rotatable bonds is 10. The van der Waals surface area contributed by atoms with Crippen molar-refractivity contribution in [3.8, 4) is 0 Å². The number of benzene rings is 2. The van der Waals surface area contributed by atoms with Gasteiger partial charge in [0.25, 0.3) is 0 Å². The zero-order valence-corrected chi connectivity index (χ0v) is 13.8. The van der Waals surface area contributed by atoms with Crippen LogP contribution in [0.1, 0.15) is 50.2 Å². The summed E-state index contributed by atoms with van der Waals surface area (Å²) in [7, 11) is 0. The SMILES string of the molecule is CCCCCC(CCc1ccccc1)NCc1ccccc1. The molecule has 0 amide bonds. The van der Waals surface area contributed by atoms with Crippen LogP contribution < -0.4 is 5.32 Å². The second kappa shape index (κ2) is 10.2. The van der Waals surface area contributed by atoms with Gasteiger partial charge in [0, 0.05) is 12.6 Å². The number of hydrogen-bond donors (Lipinski definition) is 1. The monoisotopic (exact) mass is 295 g/mol. The van der Waals surface area contributed by atoms with Gasteiger partial charge in [0.2, 0.25) is 0 Å². The second-order valence-electron chi connectivity index (χ2n) is 6.08. The summed E-state index contributed by atoms with van der Waals surface area (Å²) in [5.74, 6) is 0. The maximum atomic E-state index is 3.77. The first-order valence-corrected chi connectivity index (χ1v) is 8.69. The van der Waals surface area contributed by atoms with Crippen LogP contribution in [0.4, 0.5) is 0 Å². The van der Waals surface area contributed by atoms with Crippen molar-refractivity contribution < 1.29 is 0 Å². The Kier molecular flexibility index (Phi) is 7.76. The molecule has 1 unspecified atom stereocenters. The van der Waals surface area contributed by atoms with Crippen LogP contribution >= 0.6 is 0 Å². The third-order valence-corrected chi connectivity index (χ3v) is 4.22. The summed E-state index contributed by atoms with van der Waals surface area (Å²) in [6.45, 7) is 3.25. The van der Waals surface area contributed by atoms with Crippen LogP contribution in [0.15, 0.2) is 60.7 Å². The largest absolute Gasteiger partial charge is 0.310 e. The molecule has 0 fully saturated rings. The molecule has 0 aliphatic carbocycles. The minimum absolute atomic E-state index is 0.618. The number of unbranched alkanes of at least 4 members (excludes halogenated alkanes) is 2. The third kappa shape index (κ3) is 6.44. The minimum Gasteiger partial charge on any atom is -0.310 e. The van der Waals surface area contributed by atoms with Gasteiger partial charge in [-0.3, -0.25) is 0 Å². The molecule has 2 aromatic rings. The number of nitrogens with one attached hydrogen (secondary N) is 1. The van der Waals surface area contributed by atoms with E-state index in [4.69, 9.17) is 0 Å². The van der Waals surface area contributed by atoms with Gasteiger partial charge in [0.05, 0.1) is 0 Å². The van der Waals surface area contributed by atoms with E-state index >= 15 is 0 Å². The standard InChI is InChI=1S/C21H29N/c1-2-3-6-15-21(17-16-19-11-7-4-8-12-19)22-18-20-13-9-5-10-14-20/h4-5,7-14,21-22H,2-3,6,15-18H2,1H3. The topological polar surface area (TPSA) is 12.0 Å². The average Bonchev–Trinajstić information content (AvgIpc) is 2.59. The molecule has 0 bridgehead atoms. The molecule has 1 nitrogen and oxygen atoms in total. The molecule has 2 aromatic carbocycles. The molecular formula is C21H29N. The Labute approximate surface area is 135 Å². The van der Waals surface area contributed by atoms with E-state index in [2.05, 4.69) is 72.9 Å². The minimum atomic E-state index is 0.618. The molecule has 0 radical (unpaired) electrons. The maximum absolute atomic E-state index is 3.77. The fourth-order valence-electron chi connectivity index (χ4n) is 2.83. The lowest BCUT2D eigenvalue weighted by atomic mass is 10.00. The molecule has 0 saturated carbocycles. The van der Waals surface area contributed by atoms with Gasteiger partial charge in [-0.1, -0.05) is 86.8 Å². The van der Waals surface area contributed by atoms with Gasteiger partial charge in [-0.15, -0.1) is 0 Å². The number of aryl methyl sites for hydroxylation is 1. The normalized spacial score (nSPS) is 12.2. The molecule has 1 N–H and O–H groups in total. The van der Waals surface area contributed by atoms with E-state index in [-0.39, 0.29) is 0 Å². The van der Waals surface area contributed by atoms with E-state index in [0.29, 0.717) is 6.04 Å². The first kappa shape index (κ1) is 16.8. The predicted molar refractivity (Wildman–Crippen MR) is 96.0 cm³/mol. The van der Waals surface area contributed by atoms with Crippen molar-refractivity contribution in [3.63, 3.8) is 0 Å². The Hall–Kier alpha value is -1.60. The van der Waals surface area contributed by atoms with Crippen LogP contribution in [0.25, 0.3) is 0 Å². The quantitative estimate of drug-likeness (QED) is 0.582. The molecule has 0 saturated heterocycles. The molecule has 1 heteroatoms. The summed E-state index contributed by atoms with van der Waals surface area (Å²) >= 11 is 0. The van der Waals surface area contributed by atoms with Gasteiger partial charge in [-0.2, -0.15) is 0 Å². The highest BCUT2D eigenvalue weighted by atomic mass is 14.9. The molecule has 0 aromatic heterocycles. The van der Waals surface area contributed by atoms with E-state index in [1.54, 1.807) is 0 Å². The maximum Gasteiger partial charge on any atom is 0.0208 e. The zero-order chi connectivity index (χ0) is 15.5. The smallest absolute Gasteiger partial charge is 0.0208 e. The Morgan fingerprint density at radius 2 is 1.41 bits per heavy atom. The third-order valence-electron chi connectivity index (χ3n) is 4.22. The lowest BCUT2D eigenvalue weighted by Gasteiger charge is -2.19. The van der Waals surface area contributed by atoms with Crippen LogP contribution in [0.2, 0.25) is 0 Å². The van der Waals surface area contributed by atoms with Gasteiger partial charge in [-0.25, -0.2) is 0 Å². The summed E-state index contributed by atoms with van der Waals surface area (Å²) in [6, 6.07) is 22.2. The van der Waals surface area contributed by atoms with Crippen LogP contribution in [0.5, 0.6) is 0 Å². The zero-order valence-electron chi connectivity index (χ0n) is 13.8. The van der Waals surface area contributed by atoms with Crippen molar-refractivity contribution in [1.29, 1.82) is 0 Å². The van der Waals surface area contributed by atoms with E-state index in [1.165, 1.54) is 49.7 Å². The first-order valence-electron chi connectivity index (χ1n) is 8.69. The predicted octanol–water partition coefficient (Wildman–Crippen LogP) is 5.36. The summed E-state index contributed by atoms with van der Waals surface area (Å²) in [4.78, 5) is 0. The molecule has 0 heterocycles. The highest BCUT2D eigenvalue weighted by Gasteiger charge is 2.08. The van der Waals surface area contributed by atoms with Gasteiger partial charge >= 0.3 is 0 Å². The van der Waals surface area contributed by atoms with Crippen LogP contribution in [0.3, 0.4) is 0 Å². The lowest BCUT2D eigenvalue weighted by Crippen LogP contribution is -2.29. The molecule has 0 aliphatic heterocycles. The summed E-state index contributed by atoms with van der Waals surface area (Å²) in [5, 5.41) is 3.77. The van der Waals surface area contributed by atoms with Gasteiger partial charge in [0.15, 0.2) is 0 Å². The molecule has 0 spiro atoms. The highest BCUT2D eigenvalue weighted by molar-refractivity contribution is 5.15. The fraction of sp³-hybridized carbons (Fsp3) is 0.429. The Balaban J connectivity index is 1.82. The Bertz CT molecular complexity index is 448.